The summed E-state index contributed by atoms with van der Waals surface area (Å²) in [7, 11) is -3.40. The molecule has 0 saturated carbocycles. The summed E-state index contributed by atoms with van der Waals surface area (Å²) >= 11 is 8.62. The maximum absolute atomic E-state index is 12.2. The van der Waals surface area contributed by atoms with Crippen LogP contribution in [0.3, 0.4) is 0 Å². The molecule has 1 amide bonds. The number of sulfone groups is 1. The second-order valence-corrected chi connectivity index (χ2v) is 10.7. The number of benzene rings is 2. The summed E-state index contributed by atoms with van der Waals surface area (Å²) in [6.07, 6.45) is 1.09. The number of carbonyl (C=O) groups excluding carboxylic acids is 1. The Kier molecular flexibility index (Phi) is 6.78. The summed E-state index contributed by atoms with van der Waals surface area (Å²) in [4.78, 5) is 12.3. The number of anilines is 3. The third kappa shape index (κ3) is 6.17. The van der Waals surface area contributed by atoms with Crippen LogP contribution < -0.4 is 10.6 Å². The van der Waals surface area contributed by atoms with Gasteiger partial charge in [-0.15, -0.1) is 10.2 Å². The largest absolute Gasteiger partial charge is 0.330 e. The summed E-state index contributed by atoms with van der Waals surface area (Å²) in [5.74, 6) is -0.246. The van der Waals surface area contributed by atoms with Crippen molar-refractivity contribution in [3.63, 3.8) is 0 Å². The first-order valence-corrected chi connectivity index (χ1v) is 12.4. The lowest BCUT2D eigenvalue weighted by molar-refractivity contribution is -0.113. The molecule has 0 bridgehead atoms. The van der Waals surface area contributed by atoms with E-state index in [2.05, 4.69) is 20.8 Å². The van der Waals surface area contributed by atoms with Gasteiger partial charge in [-0.1, -0.05) is 46.8 Å². The van der Waals surface area contributed by atoms with E-state index in [4.69, 9.17) is 11.6 Å². The van der Waals surface area contributed by atoms with Crippen molar-refractivity contribution in [2.24, 2.45) is 0 Å². The Labute approximate surface area is 181 Å². The van der Waals surface area contributed by atoms with Gasteiger partial charge in [0.15, 0.2) is 14.2 Å². The van der Waals surface area contributed by atoms with Crippen LogP contribution in [0.15, 0.2) is 51.7 Å². The van der Waals surface area contributed by atoms with Crippen molar-refractivity contribution in [1.82, 2.24) is 10.2 Å². The Hall–Kier alpha value is -2.14. The first kappa shape index (κ1) is 21.6. The molecular formula is C18H17ClN4O3S3. The van der Waals surface area contributed by atoms with E-state index in [-0.39, 0.29) is 27.3 Å². The van der Waals surface area contributed by atoms with Crippen LogP contribution in [-0.4, -0.2) is 36.5 Å². The number of aryl methyl sites for hydroxylation is 1. The fourth-order valence-corrected chi connectivity index (χ4v) is 4.69. The Morgan fingerprint density at radius 3 is 2.72 bits per heavy atom. The van der Waals surface area contributed by atoms with Crippen molar-refractivity contribution in [2.45, 2.75) is 16.2 Å². The molecule has 2 aromatic carbocycles. The monoisotopic (exact) mass is 468 g/mol. The molecule has 1 aromatic heterocycles. The van der Waals surface area contributed by atoms with Crippen LogP contribution in [0.4, 0.5) is 16.5 Å². The van der Waals surface area contributed by atoms with Crippen LogP contribution in [0.1, 0.15) is 5.56 Å². The summed E-state index contributed by atoms with van der Waals surface area (Å²) in [5.41, 5.74) is 2.29. The summed E-state index contributed by atoms with van der Waals surface area (Å²) in [5, 5.41) is 14.8. The quantitative estimate of drug-likeness (QED) is 0.496. The smallest absolute Gasteiger partial charge is 0.234 e. The van der Waals surface area contributed by atoms with Gasteiger partial charge in [0.25, 0.3) is 0 Å². The Morgan fingerprint density at radius 1 is 1.21 bits per heavy atom. The molecule has 3 aromatic rings. The number of aromatic nitrogens is 2. The Morgan fingerprint density at radius 2 is 2.00 bits per heavy atom. The first-order valence-electron chi connectivity index (χ1n) is 8.30. The highest BCUT2D eigenvalue weighted by atomic mass is 35.5. The number of carbonyl (C=O) groups is 1. The van der Waals surface area contributed by atoms with Gasteiger partial charge < -0.3 is 10.6 Å². The van der Waals surface area contributed by atoms with Gasteiger partial charge in [0.1, 0.15) is 0 Å². The maximum Gasteiger partial charge on any atom is 0.234 e. The first-order chi connectivity index (χ1) is 13.7. The normalized spacial score (nSPS) is 11.3. The number of thioether (sulfide) groups is 1. The molecule has 0 saturated heterocycles. The molecule has 1 heterocycles. The predicted molar refractivity (Wildman–Crippen MR) is 118 cm³/mol. The zero-order chi connectivity index (χ0) is 21.0. The molecule has 3 rings (SSSR count). The van der Waals surface area contributed by atoms with Gasteiger partial charge in [-0.05, 0) is 42.8 Å². The minimum atomic E-state index is -3.40. The Bertz CT molecular complexity index is 1150. The zero-order valence-electron chi connectivity index (χ0n) is 15.5. The van der Waals surface area contributed by atoms with Gasteiger partial charge in [0, 0.05) is 11.9 Å². The number of halogens is 1. The minimum Gasteiger partial charge on any atom is -0.330 e. The molecule has 11 heteroatoms. The fourth-order valence-electron chi connectivity index (χ4n) is 2.31. The molecule has 0 spiro atoms. The molecule has 0 unspecified atom stereocenters. The summed E-state index contributed by atoms with van der Waals surface area (Å²) in [6, 6.07) is 12.1. The Balaban J connectivity index is 1.58. The average Bonchev–Trinajstić information content (AvgIpc) is 3.08. The molecule has 2 N–H and O–H groups in total. The summed E-state index contributed by atoms with van der Waals surface area (Å²) in [6.45, 7) is 2.00. The van der Waals surface area contributed by atoms with Gasteiger partial charge in [0.2, 0.25) is 11.0 Å². The van der Waals surface area contributed by atoms with Crippen LogP contribution in [0.5, 0.6) is 0 Å². The topological polar surface area (TPSA) is 101 Å². The average molecular weight is 469 g/mol. The van der Waals surface area contributed by atoms with E-state index in [0.29, 0.717) is 9.47 Å². The number of hydrogen-bond acceptors (Lipinski definition) is 8. The van der Waals surface area contributed by atoms with Gasteiger partial charge >= 0.3 is 0 Å². The van der Waals surface area contributed by atoms with E-state index in [0.717, 1.165) is 17.5 Å². The van der Waals surface area contributed by atoms with Crippen molar-refractivity contribution in [2.75, 3.05) is 22.6 Å². The number of rotatable bonds is 7. The van der Waals surface area contributed by atoms with Gasteiger partial charge in [-0.3, -0.25) is 4.79 Å². The molecule has 0 aliphatic carbocycles. The highest BCUT2D eigenvalue weighted by Crippen LogP contribution is 2.29. The van der Waals surface area contributed by atoms with Gasteiger partial charge in [0.05, 0.1) is 21.4 Å². The molecule has 0 radical (unpaired) electrons. The second kappa shape index (κ2) is 9.12. The highest BCUT2D eigenvalue weighted by Gasteiger charge is 2.13. The standard InChI is InChI=1S/C18H17ClN4O3S3/c1-11-4-3-5-12(8-11)20-17-22-23-18(28-17)27-10-16(24)21-15-9-13(29(2,25)26)6-7-14(15)19/h3-9H,10H2,1-2H3,(H,20,22)(H,21,24). The van der Waals surface area contributed by atoms with E-state index in [1.54, 1.807) is 0 Å². The predicted octanol–water partition coefficient (Wildman–Crippen LogP) is 4.38. The van der Waals surface area contributed by atoms with Crippen LogP contribution in [0.25, 0.3) is 0 Å². The molecule has 0 atom stereocenters. The fraction of sp³-hybridized carbons (Fsp3) is 0.167. The molecule has 7 nitrogen and oxygen atoms in total. The van der Waals surface area contributed by atoms with Crippen molar-refractivity contribution < 1.29 is 13.2 Å². The molecule has 0 aliphatic heterocycles. The lowest BCUT2D eigenvalue weighted by Crippen LogP contribution is -2.14. The van der Waals surface area contributed by atoms with Crippen LogP contribution in [0.2, 0.25) is 5.02 Å². The van der Waals surface area contributed by atoms with Crippen molar-refractivity contribution >= 4 is 67.0 Å². The molecular weight excluding hydrogens is 452 g/mol. The molecule has 152 valence electrons. The lowest BCUT2D eigenvalue weighted by Gasteiger charge is -2.08. The number of nitrogens with zero attached hydrogens (tertiary/aromatic N) is 2. The SMILES string of the molecule is Cc1cccc(Nc2nnc(SCC(=O)Nc3cc(S(C)(=O)=O)ccc3Cl)s2)c1. The maximum atomic E-state index is 12.2. The van der Waals surface area contributed by atoms with Gasteiger partial charge in [-0.25, -0.2) is 8.42 Å². The molecule has 0 aliphatic rings. The van der Waals surface area contributed by atoms with Crippen molar-refractivity contribution in [3.05, 3.63) is 53.1 Å². The van der Waals surface area contributed by atoms with Gasteiger partial charge in [-0.2, -0.15) is 0 Å². The third-order valence-corrected chi connectivity index (χ3v) is 7.05. The van der Waals surface area contributed by atoms with E-state index >= 15 is 0 Å². The second-order valence-electron chi connectivity index (χ2n) is 6.12. The van der Waals surface area contributed by atoms with Crippen molar-refractivity contribution in [1.29, 1.82) is 0 Å². The zero-order valence-corrected chi connectivity index (χ0v) is 18.7. The van der Waals surface area contributed by atoms with E-state index < -0.39 is 9.84 Å². The number of nitrogens with one attached hydrogen (secondary N) is 2. The number of hydrogen-bond donors (Lipinski definition) is 2. The summed E-state index contributed by atoms with van der Waals surface area (Å²) < 4.78 is 24.0. The number of amides is 1. The van der Waals surface area contributed by atoms with E-state index in [9.17, 15) is 13.2 Å². The van der Waals surface area contributed by atoms with E-state index in [1.165, 1.54) is 41.3 Å². The lowest BCUT2D eigenvalue weighted by atomic mass is 10.2. The van der Waals surface area contributed by atoms with Crippen molar-refractivity contribution in [3.8, 4) is 0 Å². The third-order valence-electron chi connectivity index (χ3n) is 3.64. The molecule has 0 fully saturated rings. The highest BCUT2D eigenvalue weighted by molar-refractivity contribution is 8.01. The van der Waals surface area contributed by atoms with Crippen LogP contribution >= 0.6 is 34.7 Å². The molecule has 29 heavy (non-hydrogen) atoms. The minimum absolute atomic E-state index is 0.0819. The van der Waals surface area contributed by atoms with E-state index in [1.807, 2.05) is 31.2 Å². The van der Waals surface area contributed by atoms with Crippen LogP contribution in [0, 0.1) is 6.92 Å². The van der Waals surface area contributed by atoms with Crippen LogP contribution in [-0.2, 0) is 14.6 Å².